The highest BCUT2D eigenvalue weighted by Gasteiger charge is 2.23. The number of nitrogens with zero attached hydrogens (tertiary/aromatic N) is 2. The Kier molecular flexibility index (Phi) is 3.83. The second-order valence-corrected chi connectivity index (χ2v) is 7.17. The van der Waals surface area contributed by atoms with Crippen LogP contribution < -0.4 is 0 Å². The Balaban J connectivity index is 1.93. The quantitative estimate of drug-likeness (QED) is 0.858. The minimum absolute atomic E-state index is 0.0994. The average Bonchev–Trinajstić information content (AvgIpc) is 2.97. The fraction of sp³-hybridized carbons (Fsp3) is 0.556. The highest BCUT2D eigenvalue weighted by molar-refractivity contribution is 5.61. The third-order valence-corrected chi connectivity index (χ3v) is 4.47. The van der Waals surface area contributed by atoms with Gasteiger partial charge in [-0.05, 0) is 23.8 Å². The van der Waals surface area contributed by atoms with Crippen LogP contribution in [0, 0.1) is 0 Å². The molecule has 1 saturated carbocycles. The lowest BCUT2D eigenvalue weighted by Crippen LogP contribution is -2.12. The van der Waals surface area contributed by atoms with Crippen molar-refractivity contribution >= 4 is 0 Å². The van der Waals surface area contributed by atoms with Crippen LogP contribution in [0.1, 0.15) is 70.2 Å². The number of hydrogen-bond acceptors (Lipinski definition) is 2. The van der Waals surface area contributed by atoms with E-state index in [-0.39, 0.29) is 5.41 Å². The molecular formula is C18H25N3. The highest BCUT2D eigenvalue weighted by Crippen LogP contribution is 2.34. The fourth-order valence-corrected chi connectivity index (χ4v) is 3.29. The first-order chi connectivity index (χ1) is 10.1. The fourth-order valence-electron chi connectivity index (χ4n) is 3.29. The molecule has 3 nitrogen and oxygen atoms in total. The van der Waals surface area contributed by atoms with E-state index in [0.717, 1.165) is 17.2 Å². The summed E-state index contributed by atoms with van der Waals surface area (Å²) in [5.74, 6) is 2.50. The molecule has 1 aliphatic carbocycles. The second-order valence-electron chi connectivity index (χ2n) is 7.17. The van der Waals surface area contributed by atoms with Gasteiger partial charge in [-0.1, -0.05) is 64.3 Å². The maximum Gasteiger partial charge on any atom is 0.181 e. The van der Waals surface area contributed by atoms with Crippen LogP contribution in [0.15, 0.2) is 24.3 Å². The lowest BCUT2D eigenvalue weighted by atomic mass is 9.83. The Bertz CT molecular complexity index is 601. The zero-order valence-corrected chi connectivity index (χ0v) is 13.3. The zero-order chi connectivity index (χ0) is 14.9. The molecule has 0 unspecified atom stereocenters. The van der Waals surface area contributed by atoms with E-state index in [2.05, 4.69) is 55.2 Å². The Morgan fingerprint density at radius 1 is 1.05 bits per heavy atom. The van der Waals surface area contributed by atoms with Gasteiger partial charge in [-0.15, -0.1) is 0 Å². The second kappa shape index (κ2) is 5.63. The number of rotatable bonds is 2. The van der Waals surface area contributed by atoms with Crippen molar-refractivity contribution in [2.45, 2.75) is 64.2 Å². The first-order valence-corrected chi connectivity index (χ1v) is 8.08. The summed E-state index contributed by atoms with van der Waals surface area (Å²) in [6.07, 6.45) is 6.49. The molecule has 0 amide bonds. The maximum atomic E-state index is 4.81. The van der Waals surface area contributed by atoms with E-state index in [0.29, 0.717) is 5.92 Å². The van der Waals surface area contributed by atoms with Crippen molar-refractivity contribution in [3.05, 3.63) is 35.7 Å². The Morgan fingerprint density at radius 3 is 2.48 bits per heavy atom. The number of aromatic amines is 1. The van der Waals surface area contributed by atoms with Crippen molar-refractivity contribution in [2.75, 3.05) is 0 Å². The summed E-state index contributed by atoms with van der Waals surface area (Å²) < 4.78 is 0. The molecule has 112 valence electrons. The van der Waals surface area contributed by atoms with E-state index in [1.54, 1.807) is 0 Å². The van der Waals surface area contributed by atoms with E-state index in [4.69, 9.17) is 4.98 Å². The van der Waals surface area contributed by atoms with E-state index >= 15 is 0 Å². The van der Waals surface area contributed by atoms with Gasteiger partial charge in [-0.3, -0.25) is 5.10 Å². The van der Waals surface area contributed by atoms with Gasteiger partial charge in [0.1, 0.15) is 5.82 Å². The van der Waals surface area contributed by atoms with E-state index in [1.165, 1.54) is 37.7 Å². The van der Waals surface area contributed by atoms with Crippen LogP contribution in [0.4, 0.5) is 0 Å². The first kappa shape index (κ1) is 14.3. The molecule has 3 rings (SSSR count). The van der Waals surface area contributed by atoms with Crippen molar-refractivity contribution in [3.63, 3.8) is 0 Å². The summed E-state index contributed by atoms with van der Waals surface area (Å²) in [5.41, 5.74) is 2.56. The first-order valence-electron chi connectivity index (χ1n) is 8.08. The third kappa shape index (κ3) is 3.02. The lowest BCUT2D eigenvalue weighted by Gasteiger charge is -2.21. The van der Waals surface area contributed by atoms with Crippen molar-refractivity contribution in [2.24, 2.45) is 0 Å². The van der Waals surface area contributed by atoms with Gasteiger partial charge in [0, 0.05) is 11.5 Å². The number of H-pyrrole nitrogens is 1. The van der Waals surface area contributed by atoms with Gasteiger partial charge in [0.2, 0.25) is 0 Å². The molecule has 1 aromatic heterocycles. The molecule has 1 fully saturated rings. The zero-order valence-electron chi connectivity index (χ0n) is 13.3. The van der Waals surface area contributed by atoms with Crippen molar-refractivity contribution in [3.8, 4) is 11.4 Å². The van der Waals surface area contributed by atoms with Crippen LogP contribution in [0.5, 0.6) is 0 Å². The molecule has 0 radical (unpaired) electrons. The molecule has 1 aliphatic rings. The topological polar surface area (TPSA) is 41.6 Å². The van der Waals surface area contributed by atoms with Crippen LogP contribution in [0.2, 0.25) is 0 Å². The molecular weight excluding hydrogens is 258 g/mol. The van der Waals surface area contributed by atoms with Crippen LogP contribution in [-0.2, 0) is 5.41 Å². The van der Waals surface area contributed by atoms with Gasteiger partial charge in [0.05, 0.1) is 0 Å². The molecule has 0 atom stereocenters. The summed E-state index contributed by atoms with van der Waals surface area (Å²) in [6, 6.07) is 8.49. The van der Waals surface area contributed by atoms with Crippen molar-refractivity contribution in [1.82, 2.24) is 15.2 Å². The monoisotopic (exact) mass is 283 g/mol. The minimum Gasteiger partial charge on any atom is -0.262 e. The predicted octanol–water partition coefficient (Wildman–Crippen LogP) is 4.82. The molecule has 0 saturated heterocycles. The standard InChI is InChI=1S/C18H25N3/c1-18(2,3)15-12-8-7-11-14(15)17-19-16(20-21-17)13-9-5-4-6-10-13/h7-8,11-13H,4-6,9-10H2,1-3H3,(H,19,20,21). The van der Waals surface area contributed by atoms with Gasteiger partial charge in [0.25, 0.3) is 0 Å². The van der Waals surface area contributed by atoms with Gasteiger partial charge in [0.15, 0.2) is 5.82 Å². The van der Waals surface area contributed by atoms with Crippen LogP contribution in [-0.4, -0.2) is 15.2 Å². The number of benzene rings is 1. The summed E-state index contributed by atoms with van der Waals surface area (Å²) in [6.45, 7) is 6.71. The van der Waals surface area contributed by atoms with Gasteiger partial charge < -0.3 is 0 Å². The largest absolute Gasteiger partial charge is 0.262 e. The molecule has 1 heterocycles. The molecule has 3 heteroatoms. The summed E-state index contributed by atoms with van der Waals surface area (Å²) in [7, 11) is 0. The summed E-state index contributed by atoms with van der Waals surface area (Å²) >= 11 is 0. The number of nitrogens with one attached hydrogen (secondary N) is 1. The van der Waals surface area contributed by atoms with Gasteiger partial charge in [-0.2, -0.15) is 5.10 Å². The maximum absolute atomic E-state index is 4.81. The van der Waals surface area contributed by atoms with E-state index < -0.39 is 0 Å². The van der Waals surface area contributed by atoms with E-state index in [1.807, 2.05) is 0 Å². The average molecular weight is 283 g/mol. The third-order valence-electron chi connectivity index (χ3n) is 4.47. The number of hydrogen-bond donors (Lipinski definition) is 1. The molecule has 1 aromatic carbocycles. The molecule has 0 spiro atoms. The molecule has 21 heavy (non-hydrogen) atoms. The minimum atomic E-state index is 0.0994. The lowest BCUT2D eigenvalue weighted by molar-refractivity contribution is 0.429. The Hall–Kier alpha value is -1.64. The predicted molar refractivity (Wildman–Crippen MR) is 86.3 cm³/mol. The molecule has 1 N–H and O–H groups in total. The van der Waals surface area contributed by atoms with E-state index in [9.17, 15) is 0 Å². The highest BCUT2D eigenvalue weighted by atomic mass is 15.2. The molecule has 0 bridgehead atoms. The smallest absolute Gasteiger partial charge is 0.181 e. The van der Waals surface area contributed by atoms with Gasteiger partial charge in [-0.25, -0.2) is 4.98 Å². The number of aromatic nitrogens is 3. The van der Waals surface area contributed by atoms with Crippen LogP contribution in [0.3, 0.4) is 0 Å². The van der Waals surface area contributed by atoms with Crippen molar-refractivity contribution in [1.29, 1.82) is 0 Å². The van der Waals surface area contributed by atoms with Crippen LogP contribution >= 0.6 is 0 Å². The van der Waals surface area contributed by atoms with Gasteiger partial charge >= 0.3 is 0 Å². The molecule has 2 aromatic rings. The normalized spacial score (nSPS) is 17.1. The van der Waals surface area contributed by atoms with Crippen molar-refractivity contribution < 1.29 is 0 Å². The summed E-state index contributed by atoms with van der Waals surface area (Å²) in [5, 5.41) is 7.69. The Labute approximate surface area is 127 Å². The molecule has 0 aliphatic heterocycles. The van der Waals surface area contributed by atoms with Crippen LogP contribution in [0.25, 0.3) is 11.4 Å². The SMILES string of the molecule is CC(C)(C)c1ccccc1-c1n[nH]c(C2CCCCC2)n1. The Morgan fingerprint density at radius 2 is 1.76 bits per heavy atom. The summed E-state index contributed by atoms with van der Waals surface area (Å²) in [4.78, 5) is 4.81.